The van der Waals surface area contributed by atoms with E-state index in [0.29, 0.717) is 19.4 Å². The van der Waals surface area contributed by atoms with Crippen molar-refractivity contribution in [3.05, 3.63) is 35.4 Å². The van der Waals surface area contributed by atoms with Gasteiger partial charge < -0.3 is 15.3 Å². The number of amides is 1. The van der Waals surface area contributed by atoms with Gasteiger partial charge >= 0.3 is 5.97 Å². The maximum Gasteiger partial charge on any atom is 0.326 e. The van der Waals surface area contributed by atoms with Gasteiger partial charge in [0.1, 0.15) is 6.04 Å². The molecule has 3 rings (SSSR count). The third-order valence-electron chi connectivity index (χ3n) is 4.44. The van der Waals surface area contributed by atoms with E-state index in [1.165, 1.54) is 4.90 Å². The van der Waals surface area contributed by atoms with Crippen LogP contribution in [0.4, 0.5) is 0 Å². The van der Waals surface area contributed by atoms with Crippen LogP contribution in [0.25, 0.3) is 0 Å². The largest absolute Gasteiger partial charge is 0.480 e. The molecule has 2 heterocycles. The fourth-order valence-corrected chi connectivity index (χ4v) is 3.26. The maximum absolute atomic E-state index is 12.5. The molecule has 2 atom stereocenters. The summed E-state index contributed by atoms with van der Waals surface area (Å²) < 4.78 is 0. The fraction of sp³-hybridized carbons (Fsp3) is 0.500. The SMILES string of the molecule is O=C(O)[C@H]1Cc2ccccc2CN1C(=O)CC1CCCN1. The molecule has 0 radical (unpaired) electrons. The molecule has 0 aromatic heterocycles. The Labute approximate surface area is 123 Å². The number of carbonyl (C=O) groups is 2. The zero-order chi connectivity index (χ0) is 14.8. The molecule has 1 unspecified atom stereocenters. The van der Waals surface area contributed by atoms with Crippen LogP contribution < -0.4 is 5.32 Å². The Morgan fingerprint density at radius 2 is 2.05 bits per heavy atom. The van der Waals surface area contributed by atoms with Crippen LogP contribution >= 0.6 is 0 Å². The van der Waals surface area contributed by atoms with Crippen LogP contribution in [0.2, 0.25) is 0 Å². The van der Waals surface area contributed by atoms with Crippen molar-refractivity contribution in [1.29, 1.82) is 0 Å². The minimum absolute atomic E-state index is 0.0590. The molecule has 5 nitrogen and oxygen atoms in total. The minimum atomic E-state index is -0.919. The van der Waals surface area contributed by atoms with Gasteiger partial charge in [-0.15, -0.1) is 0 Å². The molecule has 0 bridgehead atoms. The van der Waals surface area contributed by atoms with Crippen LogP contribution in [0.5, 0.6) is 0 Å². The van der Waals surface area contributed by atoms with Gasteiger partial charge in [0.25, 0.3) is 0 Å². The zero-order valence-electron chi connectivity index (χ0n) is 11.9. The standard InChI is InChI=1S/C16H20N2O3/c19-15(9-13-6-3-7-17-13)18-10-12-5-2-1-4-11(12)8-14(18)16(20)21/h1-2,4-5,13-14,17H,3,6-10H2,(H,20,21)/t13?,14-/m1/s1. The fourth-order valence-electron chi connectivity index (χ4n) is 3.26. The highest BCUT2D eigenvalue weighted by molar-refractivity contribution is 5.85. The number of benzene rings is 1. The topological polar surface area (TPSA) is 69.6 Å². The molecule has 2 N–H and O–H groups in total. The third kappa shape index (κ3) is 2.93. The molecule has 1 fully saturated rings. The lowest BCUT2D eigenvalue weighted by atomic mass is 9.93. The Kier molecular flexibility index (Phi) is 3.92. The quantitative estimate of drug-likeness (QED) is 0.876. The Balaban J connectivity index is 1.78. The average Bonchev–Trinajstić information content (AvgIpc) is 2.98. The van der Waals surface area contributed by atoms with Crippen molar-refractivity contribution >= 4 is 11.9 Å². The number of aliphatic carboxylic acids is 1. The van der Waals surface area contributed by atoms with E-state index < -0.39 is 12.0 Å². The van der Waals surface area contributed by atoms with E-state index in [9.17, 15) is 14.7 Å². The maximum atomic E-state index is 12.5. The van der Waals surface area contributed by atoms with Crippen LogP contribution in [0.3, 0.4) is 0 Å². The summed E-state index contributed by atoms with van der Waals surface area (Å²) in [6.45, 7) is 1.35. The average molecular weight is 288 g/mol. The second kappa shape index (κ2) is 5.85. The summed E-state index contributed by atoms with van der Waals surface area (Å²) in [6.07, 6.45) is 2.87. The summed E-state index contributed by atoms with van der Waals surface area (Å²) >= 11 is 0. The van der Waals surface area contributed by atoms with E-state index in [-0.39, 0.29) is 11.9 Å². The van der Waals surface area contributed by atoms with Gasteiger partial charge in [-0.2, -0.15) is 0 Å². The molecule has 1 amide bonds. The third-order valence-corrected chi connectivity index (χ3v) is 4.44. The number of carboxylic acids is 1. The Morgan fingerprint density at radius 3 is 2.71 bits per heavy atom. The van der Waals surface area contributed by atoms with Crippen molar-refractivity contribution in [1.82, 2.24) is 10.2 Å². The predicted octanol–water partition coefficient (Wildman–Crippen LogP) is 1.17. The van der Waals surface area contributed by atoms with Crippen LogP contribution in [-0.2, 0) is 22.6 Å². The van der Waals surface area contributed by atoms with E-state index in [2.05, 4.69) is 5.32 Å². The minimum Gasteiger partial charge on any atom is -0.480 e. The number of hydrogen-bond acceptors (Lipinski definition) is 3. The van der Waals surface area contributed by atoms with E-state index >= 15 is 0 Å². The second-order valence-electron chi connectivity index (χ2n) is 5.85. The van der Waals surface area contributed by atoms with E-state index in [4.69, 9.17) is 0 Å². The van der Waals surface area contributed by atoms with Gasteiger partial charge in [0.2, 0.25) is 5.91 Å². The molecular weight excluding hydrogens is 268 g/mol. The van der Waals surface area contributed by atoms with Crippen molar-refractivity contribution in [2.24, 2.45) is 0 Å². The molecule has 112 valence electrons. The Morgan fingerprint density at radius 1 is 1.29 bits per heavy atom. The zero-order valence-corrected chi connectivity index (χ0v) is 11.9. The van der Waals surface area contributed by atoms with Gasteiger partial charge in [-0.25, -0.2) is 4.79 Å². The first-order chi connectivity index (χ1) is 10.1. The van der Waals surface area contributed by atoms with Gasteiger partial charge in [-0.05, 0) is 30.5 Å². The molecule has 1 aromatic rings. The predicted molar refractivity (Wildman–Crippen MR) is 77.8 cm³/mol. The molecule has 21 heavy (non-hydrogen) atoms. The number of hydrogen-bond donors (Lipinski definition) is 2. The summed E-state index contributed by atoms with van der Waals surface area (Å²) in [4.78, 5) is 25.5. The summed E-state index contributed by atoms with van der Waals surface area (Å²) in [5.74, 6) is -0.978. The van der Waals surface area contributed by atoms with Crippen molar-refractivity contribution < 1.29 is 14.7 Å². The van der Waals surface area contributed by atoms with Gasteiger partial charge in [0.15, 0.2) is 0 Å². The number of fused-ring (bicyclic) bond motifs is 1. The van der Waals surface area contributed by atoms with Crippen LogP contribution in [0, 0.1) is 0 Å². The van der Waals surface area contributed by atoms with Gasteiger partial charge in [0.05, 0.1) is 0 Å². The first-order valence-corrected chi connectivity index (χ1v) is 7.47. The highest BCUT2D eigenvalue weighted by Gasteiger charge is 2.35. The molecule has 5 heteroatoms. The second-order valence-corrected chi connectivity index (χ2v) is 5.85. The van der Waals surface area contributed by atoms with E-state index in [1.54, 1.807) is 0 Å². The number of nitrogens with zero attached hydrogens (tertiary/aromatic N) is 1. The molecule has 0 spiro atoms. The summed E-state index contributed by atoms with van der Waals surface area (Å²) in [6, 6.07) is 7.23. The molecule has 1 saturated heterocycles. The molecule has 2 aliphatic rings. The van der Waals surface area contributed by atoms with Crippen LogP contribution in [0.1, 0.15) is 30.4 Å². The number of nitrogens with one attached hydrogen (secondary N) is 1. The van der Waals surface area contributed by atoms with Gasteiger partial charge in [0, 0.05) is 25.4 Å². The first kappa shape index (κ1) is 14.1. The van der Waals surface area contributed by atoms with Gasteiger partial charge in [-0.3, -0.25) is 4.79 Å². The van der Waals surface area contributed by atoms with Crippen LogP contribution in [0.15, 0.2) is 24.3 Å². The smallest absolute Gasteiger partial charge is 0.326 e. The lowest BCUT2D eigenvalue weighted by Crippen LogP contribution is -2.49. The number of carboxylic acid groups (broad SMARTS) is 1. The normalized spacial score (nSPS) is 24.7. The molecule has 1 aromatic carbocycles. The van der Waals surface area contributed by atoms with Gasteiger partial charge in [-0.1, -0.05) is 24.3 Å². The van der Waals surface area contributed by atoms with Crippen molar-refractivity contribution in [2.75, 3.05) is 6.54 Å². The monoisotopic (exact) mass is 288 g/mol. The van der Waals surface area contributed by atoms with Crippen molar-refractivity contribution in [2.45, 2.75) is 44.3 Å². The lowest BCUT2D eigenvalue weighted by Gasteiger charge is -2.35. The molecular formula is C16H20N2O3. The molecule has 2 aliphatic heterocycles. The van der Waals surface area contributed by atoms with Crippen LogP contribution in [-0.4, -0.2) is 40.5 Å². The highest BCUT2D eigenvalue weighted by atomic mass is 16.4. The van der Waals surface area contributed by atoms with Crippen molar-refractivity contribution in [3.8, 4) is 0 Å². The van der Waals surface area contributed by atoms with E-state index in [1.807, 2.05) is 24.3 Å². The summed E-state index contributed by atoms with van der Waals surface area (Å²) in [5.41, 5.74) is 2.09. The summed E-state index contributed by atoms with van der Waals surface area (Å²) in [5, 5.41) is 12.7. The van der Waals surface area contributed by atoms with E-state index in [0.717, 1.165) is 30.5 Å². The Hall–Kier alpha value is -1.88. The number of rotatable bonds is 3. The lowest BCUT2D eigenvalue weighted by molar-refractivity contribution is -0.151. The first-order valence-electron chi connectivity index (χ1n) is 7.47. The molecule has 0 aliphatic carbocycles. The molecule has 0 saturated carbocycles. The Bertz CT molecular complexity index is 552. The summed E-state index contributed by atoms with van der Waals surface area (Å²) in [7, 11) is 0. The number of carbonyl (C=O) groups excluding carboxylic acids is 1. The van der Waals surface area contributed by atoms with Crippen molar-refractivity contribution in [3.63, 3.8) is 0 Å². The highest BCUT2D eigenvalue weighted by Crippen LogP contribution is 2.25.